The van der Waals surface area contributed by atoms with E-state index in [-0.39, 0.29) is 27.7 Å². The molecule has 2 aromatic heterocycles. The quantitative estimate of drug-likeness (QED) is 0.301. The third kappa shape index (κ3) is 6.71. The monoisotopic (exact) mass is 567 g/mol. The molecule has 0 radical (unpaired) electrons. The van der Waals surface area contributed by atoms with E-state index in [0.29, 0.717) is 25.3 Å². The molecule has 35 heavy (non-hydrogen) atoms. The second-order valence-corrected chi connectivity index (χ2v) is 16.1. The number of carbonyl (C=O) groups is 1. The van der Waals surface area contributed by atoms with Gasteiger partial charge in [0.2, 0.25) is 0 Å². The molecular weight excluding hydrogens is 533 g/mol. The van der Waals surface area contributed by atoms with Crippen LogP contribution in [-0.4, -0.2) is 54.7 Å². The zero-order valence-electron chi connectivity index (χ0n) is 21.1. The molecule has 1 fully saturated rings. The number of halogens is 2. The number of carboxylic acid groups (broad SMARTS) is 1. The molecule has 8 nitrogen and oxygen atoms in total. The van der Waals surface area contributed by atoms with E-state index in [0.717, 1.165) is 11.4 Å². The predicted octanol–water partition coefficient (Wildman–Crippen LogP) is 5.47. The van der Waals surface area contributed by atoms with Gasteiger partial charge in [-0.1, -0.05) is 27.7 Å². The van der Waals surface area contributed by atoms with E-state index in [1.54, 1.807) is 18.5 Å². The van der Waals surface area contributed by atoms with E-state index in [9.17, 15) is 14.3 Å². The maximum atomic E-state index is 13.5. The number of aromatic nitrogens is 2. The highest BCUT2D eigenvalue weighted by Crippen LogP contribution is 2.40. The summed E-state index contributed by atoms with van der Waals surface area (Å²) in [4.78, 5) is 22.3. The number of anilines is 2. The van der Waals surface area contributed by atoms with E-state index >= 15 is 0 Å². The van der Waals surface area contributed by atoms with Crippen molar-refractivity contribution >= 4 is 41.7 Å². The highest BCUT2D eigenvalue weighted by molar-refractivity contribution is 9.10. The van der Waals surface area contributed by atoms with Gasteiger partial charge in [0.05, 0.1) is 42.0 Å². The lowest BCUT2D eigenvalue weighted by Crippen LogP contribution is -2.62. The summed E-state index contributed by atoms with van der Waals surface area (Å²) in [6, 6.07) is 4.52. The highest BCUT2D eigenvalue weighted by atomic mass is 79.9. The van der Waals surface area contributed by atoms with Crippen molar-refractivity contribution in [2.75, 3.05) is 23.3 Å². The van der Waals surface area contributed by atoms with Gasteiger partial charge in [0.1, 0.15) is 4.60 Å². The van der Waals surface area contributed by atoms with Crippen LogP contribution in [0.1, 0.15) is 33.4 Å². The van der Waals surface area contributed by atoms with Crippen molar-refractivity contribution in [1.29, 1.82) is 0 Å². The van der Waals surface area contributed by atoms with Gasteiger partial charge in [-0.25, -0.2) is 14.2 Å². The molecule has 3 N–H and O–H groups in total. The summed E-state index contributed by atoms with van der Waals surface area (Å²) in [6.07, 6.45) is 2.17. The topological polar surface area (TPSA) is 99.6 Å². The fraction of sp³-hybridized carbons (Fsp3) is 0.542. The summed E-state index contributed by atoms with van der Waals surface area (Å²) >= 11 is 3.12. The Morgan fingerprint density at radius 3 is 2.66 bits per heavy atom. The average Bonchev–Trinajstić information content (AvgIpc) is 2.76. The Morgan fingerprint density at radius 1 is 1.31 bits per heavy atom. The van der Waals surface area contributed by atoms with Crippen LogP contribution in [0, 0.1) is 11.7 Å². The zero-order valence-corrected chi connectivity index (χ0v) is 23.7. The van der Waals surface area contributed by atoms with Crippen molar-refractivity contribution in [3.05, 3.63) is 46.7 Å². The lowest BCUT2D eigenvalue weighted by Gasteiger charge is -2.48. The van der Waals surface area contributed by atoms with E-state index < -0.39 is 20.2 Å². The van der Waals surface area contributed by atoms with Gasteiger partial charge < -0.3 is 25.1 Å². The normalized spacial score (nSPS) is 21.0. The Kier molecular flexibility index (Phi) is 8.43. The van der Waals surface area contributed by atoms with Crippen LogP contribution in [0.2, 0.25) is 18.1 Å². The molecule has 1 amide bonds. The molecule has 0 aromatic carbocycles. The second-order valence-electron chi connectivity index (χ2n) is 10.6. The summed E-state index contributed by atoms with van der Waals surface area (Å²) in [6.45, 7) is 14.6. The zero-order chi connectivity index (χ0) is 26.0. The van der Waals surface area contributed by atoms with E-state index in [1.807, 2.05) is 6.07 Å². The lowest BCUT2D eigenvalue weighted by molar-refractivity contribution is 0.0722. The maximum absolute atomic E-state index is 13.5. The molecule has 3 atom stereocenters. The van der Waals surface area contributed by atoms with Crippen LogP contribution in [-0.2, 0) is 11.0 Å². The van der Waals surface area contributed by atoms with Crippen LogP contribution >= 0.6 is 15.9 Å². The molecule has 0 unspecified atom stereocenters. The van der Waals surface area contributed by atoms with Gasteiger partial charge in [0.25, 0.3) is 0 Å². The van der Waals surface area contributed by atoms with Crippen molar-refractivity contribution in [3.8, 4) is 0 Å². The molecule has 0 aliphatic carbocycles. The average molecular weight is 569 g/mol. The Morgan fingerprint density at radius 2 is 2.03 bits per heavy atom. The first-order chi connectivity index (χ1) is 16.3. The van der Waals surface area contributed by atoms with Crippen molar-refractivity contribution in [2.45, 2.75) is 64.5 Å². The standard InChI is InChI=1S/C24H35BrFN5O3Si/c1-15-13-31(14-19(30-23(32)33)21(15)34-35(5,6)24(2,3)4)20-9-10-27-12-18(20)28-11-16-7-8-17(26)22(25)29-16/h7-10,12,15,19,21,28,30H,11,13-14H2,1-6H3,(H,32,33)/t15-,19+,21+/m0/s1. The number of amides is 1. The SMILES string of the molecule is C[C@H]1CN(c2ccncc2NCc2ccc(F)c(Br)n2)C[C@@H](NC(=O)O)[C@@H]1O[Si](C)(C)C(C)(C)C. The molecule has 1 saturated heterocycles. The Balaban J connectivity index is 1.82. The first-order valence-electron chi connectivity index (χ1n) is 11.7. The van der Waals surface area contributed by atoms with E-state index in [1.165, 1.54) is 6.07 Å². The fourth-order valence-corrected chi connectivity index (χ4v) is 5.79. The van der Waals surface area contributed by atoms with Crippen molar-refractivity contribution in [1.82, 2.24) is 15.3 Å². The Hall–Kier alpha value is -2.24. The van der Waals surface area contributed by atoms with Crippen molar-refractivity contribution < 1.29 is 18.7 Å². The molecule has 0 saturated carbocycles. The largest absolute Gasteiger partial charge is 0.465 e. The number of piperidine rings is 1. The molecule has 11 heteroatoms. The molecule has 3 heterocycles. The van der Waals surface area contributed by atoms with Gasteiger partial charge in [-0.05, 0) is 52.3 Å². The summed E-state index contributed by atoms with van der Waals surface area (Å²) < 4.78 is 20.4. The lowest BCUT2D eigenvalue weighted by atomic mass is 9.92. The minimum absolute atomic E-state index is 0.0171. The number of hydrogen-bond donors (Lipinski definition) is 3. The van der Waals surface area contributed by atoms with Gasteiger partial charge in [-0.3, -0.25) is 4.98 Å². The number of nitrogens with one attached hydrogen (secondary N) is 2. The third-order valence-electron chi connectivity index (χ3n) is 6.89. The molecule has 0 spiro atoms. The summed E-state index contributed by atoms with van der Waals surface area (Å²) in [5.74, 6) is -0.324. The molecular formula is C24H35BrFN5O3Si. The Labute approximate surface area is 215 Å². The maximum Gasteiger partial charge on any atom is 0.405 e. The molecule has 1 aliphatic rings. The van der Waals surface area contributed by atoms with Crippen LogP contribution in [0.15, 0.2) is 35.2 Å². The number of nitrogens with zero attached hydrogens (tertiary/aromatic N) is 3. The fourth-order valence-electron chi connectivity index (χ4n) is 4.00. The summed E-state index contributed by atoms with van der Waals surface area (Å²) in [5.41, 5.74) is 2.38. The summed E-state index contributed by atoms with van der Waals surface area (Å²) in [7, 11) is -2.11. The van der Waals surface area contributed by atoms with Crippen molar-refractivity contribution in [3.63, 3.8) is 0 Å². The highest BCUT2D eigenvalue weighted by Gasteiger charge is 2.45. The third-order valence-corrected chi connectivity index (χ3v) is 11.9. The van der Waals surface area contributed by atoms with E-state index in [4.69, 9.17) is 4.43 Å². The molecule has 1 aliphatic heterocycles. The molecule has 0 bridgehead atoms. The first-order valence-corrected chi connectivity index (χ1v) is 15.4. The minimum atomic E-state index is -2.11. The van der Waals surface area contributed by atoms with E-state index in [2.05, 4.69) is 82.2 Å². The number of rotatable bonds is 7. The van der Waals surface area contributed by atoms with Gasteiger partial charge in [0, 0.05) is 25.2 Å². The molecule has 3 rings (SSSR count). The first kappa shape index (κ1) is 27.3. The van der Waals surface area contributed by atoms with Crippen LogP contribution in [0.4, 0.5) is 20.6 Å². The second kappa shape index (κ2) is 10.8. The molecule has 2 aromatic rings. The van der Waals surface area contributed by atoms with Crippen LogP contribution < -0.4 is 15.5 Å². The van der Waals surface area contributed by atoms with Crippen LogP contribution in [0.3, 0.4) is 0 Å². The number of pyridine rings is 2. The predicted molar refractivity (Wildman–Crippen MR) is 142 cm³/mol. The van der Waals surface area contributed by atoms with Crippen molar-refractivity contribution in [2.24, 2.45) is 5.92 Å². The number of hydrogen-bond acceptors (Lipinski definition) is 6. The van der Waals surface area contributed by atoms with Crippen LogP contribution in [0.5, 0.6) is 0 Å². The van der Waals surface area contributed by atoms with Gasteiger partial charge >= 0.3 is 6.09 Å². The Bertz CT molecular complexity index is 1050. The van der Waals surface area contributed by atoms with Crippen LogP contribution in [0.25, 0.3) is 0 Å². The minimum Gasteiger partial charge on any atom is -0.465 e. The molecule has 192 valence electrons. The summed E-state index contributed by atoms with van der Waals surface area (Å²) in [5, 5.41) is 15.6. The van der Waals surface area contributed by atoms with Gasteiger partial charge in [0.15, 0.2) is 14.1 Å². The van der Waals surface area contributed by atoms with Gasteiger partial charge in [-0.15, -0.1) is 0 Å². The smallest absolute Gasteiger partial charge is 0.405 e. The van der Waals surface area contributed by atoms with Gasteiger partial charge in [-0.2, -0.15) is 0 Å².